The average Bonchev–Trinajstić information content (AvgIpc) is 2.96. The topological polar surface area (TPSA) is 89.7 Å². The van der Waals surface area contributed by atoms with Crippen molar-refractivity contribution in [3.8, 4) is 0 Å². The summed E-state index contributed by atoms with van der Waals surface area (Å²) in [6, 6.07) is 4.20. The quantitative estimate of drug-likeness (QED) is 0.773. The molecule has 8 heteroatoms. The van der Waals surface area contributed by atoms with Crippen molar-refractivity contribution in [2.24, 2.45) is 5.73 Å². The van der Waals surface area contributed by atoms with Crippen LogP contribution < -0.4 is 5.73 Å². The van der Waals surface area contributed by atoms with Crippen molar-refractivity contribution in [2.45, 2.75) is 30.7 Å². The maximum Gasteiger partial charge on any atom is 0.338 e. The molecular formula is C14H19BrN2O4S. The third kappa shape index (κ3) is 3.34. The van der Waals surface area contributed by atoms with Crippen LogP contribution in [0.25, 0.3) is 0 Å². The van der Waals surface area contributed by atoms with Crippen molar-refractivity contribution in [2.75, 3.05) is 19.7 Å². The van der Waals surface area contributed by atoms with E-state index in [9.17, 15) is 13.2 Å². The zero-order valence-corrected chi connectivity index (χ0v) is 14.7. The second-order valence-corrected chi connectivity index (χ2v) is 7.73. The molecule has 0 amide bonds. The summed E-state index contributed by atoms with van der Waals surface area (Å²) in [5.41, 5.74) is 5.96. The van der Waals surface area contributed by atoms with Crippen LogP contribution in [-0.4, -0.2) is 44.4 Å². The third-order valence-corrected chi connectivity index (χ3v) is 6.55. The Labute approximate surface area is 138 Å². The van der Waals surface area contributed by atoms with Gasteiger partial charge in [-0.15, -0.1) is 0 Å². The molecule has 2 rings (SSSR count). The van der Waals surface area contributed by atoms with Crippen molar-refractivity contribution in [3.05, 3.63) is 28.2 Å². The fraction of sp³-hybridized carbons (Fsp3) is 0.500. The number of carbonyl (C=O) groups is 1. The molecule has 1 aliphatic rings. The molecule has 22 heavy (non-hydrogen) atoms. The highest BCUT2D eigenvalue weighted by molar-refractivity contribution is 9.10. The molecule has 1 fully saturated rings. The lowest BCUT2D eigenvalue weighted by molar-refractivity contribution is 0.0526. The van der Waals surface area contributed by atoms with Gasteiger partial charge in [-0.3, -0.25) is 0 Å². The minimum atomic E-state index is -3.63. The van der Waals surface area contributed by atoms with Gasteiger partial charge in [0.15, 0.2) is 0 Å². The number of ether oxygens (including phenoxy) is 1. The first-order valence-electron chi connectivity index (χ1n) is 7.10. The number of hydrogen-bond acceptors (Lipinski definition) is 5. The van der Waals surface area contributed by atoms with Gasteiger partial charge in [-0.2, -0.15) is 4.31 Å². The first kappa shape index (κ1) is 17.4. The largest absolute Gasteiger partial charge is 0.462 e. The van der Waals surface area contributed by atoms with E-state index in [0.717, 1.165) is 12.8 Å². The number of carbonyl (C=O) groups excluding carboxylic acids is 1. The number of hydrogen-bond donors (Lipinski definition) is 1. The molecule has 0 aromatic heterocycles. The van der Waals surface area contributed by atoms with E-state index in [2.05, 4.69) is 15.9 Å². The van der Waals surface area contributed by atoms with E-state index < -0.39 is 16.0 Å². The summed E-state index contributed by atoms with van der Waals surface area (Å²) in [6.07, 6.45) is 1.58. The van der Waals surface area contributed by atoms with Crippen molar-refractivity contribution in [1.29, 1.82) is 0 Å². The third-order valence-electron chi connectivity index (χ3n) is 3.62. The Bertz CT molecular complexity index is 663. The molecule has 6 nitrogen and oxygen atoms in total. The van der Waals surface area contributed by atoms with E-state index >= 15 is 0 Å². The van der Waals surface area contributed by atoms with Crippen molar-refractivity contribution in [3.63, 3.8) is 0 Å². The highest BCUT2D eigenvalue weighted by Gasteiger charge is 2.35. The van der Waals surface area contributed by atoms with E-state index in [0.29, 0.717) is 23.1 Å². The van der Waals surface area contributed by atoms with Crippen LogP contribution >= 0.6 is 15.9 Å². The Balaban J connectivity index is 2.34. The number of esters is 1. The van der Waals surface area contributed by atoms with Gasteiger partial charge in [0.1, 0.15) is 0 Å². The van der Waals surface area contributed by atoms with Crippen LogP contribution in [0, 0.1) is 0 Å². The SMILES string of the molecule is CCOC(=O)c1ccc(S(=O)(=O)N2CCCC2CN)c(Br)c1. The normalized spacial score (nSPS) is 19.3. The molecule has 1 unspecified atom stereocenters. The zero-order chi connectivity index (χ0) is 16.3. The first-order chi connectivity index (χ1) is 10.4. The lowest BCUT2D eigenvalue weighted by Gasteiger charge is -2.23. The Hall–Kier alpha value is -0.960. The molecular weight excluding hydrogens is 372 g/mol. The Kier molecular flexibility index (Phi) is 5.60. The van der Waals surface area contributed by atoms with Crippen molar-refractivity contribution < 1.29 is 17.9 Å². The number of halogens is 1. The molecule has 0 radical (unpaired) electrons. The van der Waals surface area contributed by atoms with Crippen LogP contribution in [0.1, 0.15) is 30.1 Å². The second kappa shape index (κ2) is 7.08. The molecule has 1 saturated heterocycles. The number of sulfonamides is 1. The van der Waals surface area contributed by atoms with Gasteiger partial charge in [-0.05, 0) is 53.9 Å². The first-order valence-corrected chi connectivity index (χ1v) is 9.33. The average molecular weight is 391 g/mol. The highest BCUT2D eigenvalue weighted by atomic mass is 79.9. The molecule has 1 aromatic carbocycles. The monoisotopic (exact) mass is 390 g/mol. The van der Waals surface area contributed by atoms with Gasteiger partial charge in [0.05, 0.1) is 17.1 Å². The second-order valence-electron chi connectivity index (χ2n) is 5.01. The predicted octanol–water partition coefficient (Wildman–Crippen LogP) is 1.74. The van der Waals surface area contributed by atoms with Crippen LogP contribution in [0.2, 0.25) is 0 Å². The number of benzene rings is 1. The van der Waals surface area contributed by atoms with E-state index in [4.69, 9.17) is 10.5 Å². The maximum absolute atomic E-state index is 12.8. The van der Waals surface area contributed by atoms with Crippen LogP contribution in [0.15, 0.2) is 27.6 Å². The fourth-order valence-electron chi connectivity index (χ4n) is 2.54. The Morgan fingerprint density at radius 2 is 2.23 bits per heavy atom. The van der Waals surface area contributed by atoms with Gasteiger partial charge < -0.3 is 10.5 Å². The molecule has 0 bridgehead atoms. The molecule has 0 spiro atoms. The standard InChI is InChI=1S/C14H19BrN2O4S/c1-2-21-14(18)10-5-6-13(12(15)8-10)22(19,20)17-7-3-4-11(17)9-16/h5-6,8,11H,2-4,7,9,16H2,1H3. The van der Waals surface area contributed by atoms with Crippen LogP contribution in [0.5, 0.6) is 0 Å². The summed E-state index contributed by atoms with van der Waals surface area (Å²) >= 11 is 3.25. The van der Waals surface area contributed by atoms with Gasteiger partial charge in [0.2, 0.25) is 10.0 Å². The van der Waals surface area contributed by atoms with E-state index in [1.807, 2.05) is 0 Å². The summed E-state index contributed by atoms with van der Waals surface area (Å²) in [6.45, 7) is 2.75. The lowest BCUT2D eigenvalue weighted by atomic mass is 10.2. The minimum Gasteiger partial charge on any atom is -0.462 e. The van der Waals surface area contributed by atoms with Crippen molar-refractivity contribution in [1.82, 2.24) is 4.31 Å². The number of nitrogens with two attached hydrogens (primary N) is 1. The Morgan fingerprint density at radius 3 is 2.82 bits per heavy atom. The summed E-state index contributed by atoms with van der Waals surface area (Å²) < 4.78 is 32.2. The number of nitrogens with zero attached hydrogens (tertiary/aromatic N) is 1. The molecule has 0 aliphatic carbocycles. The zero-order valence-electron chi connectivity index (χ0n) is 12.3. The number of rotatable bonds is 5. The summed E-state index contributed by atoms with van der Waals surface area (Å²) in [4.78, 5) is 11.8. The van der Waals surface area contributed by atoms with Crippen molar-refractivity contribution >= 4 is 31.9 Å². The van der Waals surface area contributed by atoms with Gasteiger partial charge in [-0.1, -0.05) is 0 Å². The van der Waals surface area contributed by atoms with Crippen LogP contribution in [-0.2, 0) is 14.8 Å². The highest BCUT2D eigenvalue weighted by Crippen LogP contribution is 2.30. The molecule has 2 N–H and O–H groups in total. The fourth-order valence-corrected chi connectivity index (χ4v) is 5.28. The van der Waals surface area contributed by atoms with E-state index in [1.165, 1.54) is 22.5 Å². The van der Waals surface area contributed by atoms with Crippen LogP contribution in [0.3, 0.4) is 0 Å². The Morgan fingerprint density at radius 1 is 1.50 bits per heavy atom. The predicted molar refractivity (Wildman–Crippen MR) is 86.1 cm³/mol. The van der Waals surface area contributed by atoms with Gasteiger partial charge >= 0.3 is 5.97 Å². The summed E-state index contributed by atoms with van der Waals surface area (Å²) in [5, 5.41) is 0. The van der Waals surface area contributed by atoms with Gasteiger partial charge in [0, 0.05) is 23.6 Å². The van der Waals surface area contributed by atoms with E-state index in [1.54, 1.807) is 6.92 Å². The smallest absolute Gasteiger partial charge is 0.338 e. The van der Waals surface area contributed by atoms with Gasteiger partial charge in [-0.25, -0.2) is 13.2 Å². The molecule has 1 heterocycles. The van der Waals surface area contributed by atoms with Gasteiger partial charge in [0.25, 0.3) is 0 Å². The molecule has 1 aromatic rings. The molecule has 0 saturated carbocycles. The lowest BCUT2D eigenvalue weighted by Crippen LogP contribution is -2.40. The molecule has 1 atom stereocenters. The minimum absolute atomic E-state index is 0.140. The summed E-state index contributed by atoms with van der Waals surface area (Å²) in [7, 11) is -3.63. The molecule has 122 valence electrons. The molecule has 1 aliphatic heterocycles. The van der Waals surface area contributed by atoms with Crippen LogP contribution in [0.4, 0.5) is 0 Å². The summed E-state index contributed by atoms with van der Waals surface area (Å²) in [5.74, 6) is -0.479. The van der Waals surface area contributed by atoms with E-state index in [-0.39, 0.29) is 17.5 Å². The maximum atomic E-state index is 12.8.